The first-order valence-electron chi connectivity index (χ1n) is 8.11. The highest BCUT2D eigenvalue weighted by Crippen LogP contribution is 2.31. The third kappa shape index (κ3) is 4.40. The summed E-state index contributed by atoms with van der Waals surface area (Å²) in [5, 5.41) is 3.35. The van der Waals surface area contributed by atoms with Gasteiger partial charge in [0, 0.05) is 12.6 Å². The summed E-state index contributed by atoms with van der Waals surface area (Å²) < 4.78 is 0. The molecule has 0 saturated carbocycles. The fourth-order valence-corrected chi connectivity index (χ4v) is 3.24. The number of benzene rings is 2. The Balaban J connectivity index is 2.27. The van der Waals surface area contributed by atoms with E-state index in [1.165, 1.54) is 11.8 Å². The standard InChI is InChI=1S/C20H23ClN2O2/c1-12-9-14(3)20(17(21)10-12)23(16(5)24)11-19(25)22-18-8-6-7-13(2)15(18)4/h6-10H,11H2,1-5H3,(H,22,25). The summed E-state index contributed by atoms with van der Waals surface area (Å²) in [5.41, 5.74) is 5.30. The average molecular weight is 359 g/mol. The normalized spacial score (nSPS) is 10.5. The molecule has 0 fully saturated rings. The van der Waals surface area contributed by atoms with Gasteiger partial charge in [-0.05, 0) is 62.1 Å². The van der Waals surface area contributed by atoms with Gasteiger partial charge >= 0.3 is 0 Å². The molecule has 2 rings (SSSR count). The van der Waals surface area contributed by atoms with E-state index < -0.39 is 0 Å². The lowest BCUT2D eigenvalue weighted by molar-refractivity contribution is -0.120. The van der Waals surface area contributed by atoms with Crippen LogP contribution in [-0.2, 0) is 9.59 Å². The monoisotopic (exact) mass is 358 g/mol. The maximum absolute atomic E-state index is 12.5. The van der Waals surface area contributed by atoms with E-state index in [1.54, 1.807) is 6.07 Å². The van der Waals surface area contributed by atoms with Crippen LogP contribution in [0.5, 0.6) is 0 Å². The van der Waals surface area contributed by atoms with Crippen LogP contribution in [0.15, 0.2) is 30.3 Å². The fraction of sp³-hybridized carbons (Fsp3) is 0.300. The Morgan fingerprint density at radius 3 is 2.36 bits per heavy atom. The maximum Gasteiger partial charge on any atom is 0.244 e. The van der Waals surface area contributed by atoms with E-state index in [9.17, 15) is 9.59 Å². The number of aryl methyl sites for hydroxylation is 3. The molecule has 132 valence electrons. The molecule has 1 N–H and O–H groups in total. The molecule has 0 aromatic heterocycles. The van der Waals surface area contributed by atoms with Crippen LogP contribution in [0, 0.1) is 27.7 Å². The van der Waals surface area contributed by atoms with Gasteiger partial charge in [0.25, 0.3) is 0 Å². The van der Waals surface area contributed by atoms with E-state index in [0.29, 0.717) is 10.7 Å². The highest BCUT2D eigenvalue weighted by Gasteiger charge is 2.21. The van der Waals surface area contributed by atoms with Crippen molar-refractivity contribution in [3.05, 3.63) is 57.6 Å². The molecule has 0 aliphatic heterocycles. The topological polar surface area (TPSA) is 49.4 Å². The zero-order valence-corrected chi connectivity index (χ0v) is 16.0. The van der Waals surface area contributed by atoms with Crippen molar-refractivity contribution in [3.63, 3.8) is 0 Å². The zero-order valence-electron chi connectivity index (χ0n) is 15.2. The number of rotatable bonds is 4. The Bertz CT molecular complexity index is 807. The van der Waals surface area contributed by atoms with Gasteiger partial charge in [-0.2, -0.15) is 0 Å². The van der Waals surface area contributed by atoms with E-state index in [2.05, 4.69) is 5.32 Å². The van der Waals surface area contributed by atoms with Crippen molar-refractivity contribution in [1.82, 2.24) is 0 Å². The van der Waals surface area contributed by atoms with Gasteiger partial charge in [0.05, 0.1) is 10.7 Å². The number of hydrogen-bond acceptors (Lipinski definition) is 2. The number of nitrogens with zero attached hydrogens (tertiary/aromatic N) is 1. The fourth-order valence-electron chi connectivity index (χ4n) is 2.82. The molecule has 2 amide bonds. The second-order valence-electron chi connectivity index (χ2n) is 6.31. The van der Waals surface area contributed by atoms with Gasteiger partial charge in [0.15, 0.2) is 0 Å². The lowest BCUT2D eigenvalue weighted by Gasteiger charge is -2.24. The van der Waals surface area contributed by atoms with Crippen LogP contribution >= 0.6 is 11.6 Å². The molecular weight excluding hydrogens is 336 g/mol. The van der Waals surface area contributed by atoms with Gasteiger partial charge in [-0.15, -0.1) is 0 Å². The minimum absolute atomic E-state index is 0.0909. The smallest absolute Gasteiger partial charge is 0.244 e. The van der Waals surface area contributed by atoms with Crippen molar-refractivity contribution in [3.8, 4) is 0 Å². The summed E-state index contributed by atoms with van der Waals surface area (Å²) in [5.74, 6) is -0.495. The van der Waals surface area contributed by atoms with Crippen molar-refractivity contribution in [2.24, 2.45) is 0 Å². The summed E-state index contributed by atoms with van der Waals surface area (Å²) >= 11 is 6.34. The number of hydrogen-bond donors (Lipinski definition) is 1. The van der Waals surface area contributed by atoms with Gasteiger partial charge in [-0.3, -0.25) is 9.59 Å². The predicted octanol–water partition coefficient (Wildman–Crippen LogP) is 4.57. The van der Waals surface area contributed by atoms with Crippen molar-refractivity contribution in [2.45, 2.75) is 34.6 Å². The number of halogens is 1. The Morgan fingerprint density at radius 1 is 1.08 bits per heavy atom. The minimum atomic E-state index is -0.264. The Labute approximate surface area is 153 Å². The van der Waals surface area contributed by atoms with Gasteiger partial charge in [0.2, 0.25) is 11.8 Å². The number of carbonyl (C=O) groups is 2. The molecule has 2 aromatic carbocycles. The molecule has 0 aliphatic rings. The SMILES string of the molecule is CC(=O)N(CC(=O)Nc1cccc(C)c1C)c1c(C)cc(C)cc1Cl. The second kappa shape index (κ2) is 7.70. The van der Waals surface area contributed by atoms with Crippen LogP contribution in [0.2, 0.25) is 5.02 Å². The molecule has 0 saturated heterocycles. The molecular formula is C20H23ClN2O2. The van der Waals surface area contributed by atoms with Gasteiger partial charge < -0.3 is 10.2 Å². The molecule has 2 aromatic rings. The number of carbonyl (C=O) groups excluding carboxylic acids is 2. The molecule has 0 unspecified atom stereocenters. The zero-order chi connectivity index (χ0) is 18.7. The van der Waals surface area contributed by atoms with E-state index in [1.807, 2.05) is 52.0 Å². The first-order chi connectivity index (χ1) is 11.7. The van der Waals surface area contributed by atoms with Crippen LogP contribution in [0.3, 0.4) is 0 Å². The molecule has 0 radical (unpaired) electrons. The first-order valence-corrected chi connectivity index (χ1v) is 8.49. The number of anilines is 2. The highest BCUT2D eigenvalue weighted by molar-refractivity contribution is 6.34. The van der Waals surface area contributed by atoms with Gasteiger partial charge in [-0.25, -0.2) is 0 Å². The maximum atomic E-state index is 12.5. The van der Waals surface area contributed by atoms with Gasteiger partial charge in [-0.1, -0.05) is 29.8 Å². The summed E-state index contributed by atoms with van der Waals surface area (Å²) in [7, 11) is 0. The lowest BCUT2D eigenvalue weighted by atomic mass is 10.1. The number of amides is 2. The molecule has 0 bridgehead atoms. The van der Waals surface area contributed by atoms with Crippen molar-refractivity contribution in [1.29, 1.82) is 0 Å². The Hall–Kier alpha value is -2.33. The molecule has 4 nitrogen and oxygen atoms in total. The van der Waals surface area contributed by atoms with Crippen molar-refractivity contribution in [2.75, 3.05) is 16.8 Å². The molecule has 5 heteroatoms. The second-order valence-corrected chi connectivity index (χ2v) is 6.72. The van der Waals surface area contributed by atoms with Crippen LogP contribution < -0.4 is 10.2 Å². The third-order valence-electron chi connectivity index (χ3n) is 4.23. The van der Waals surface area contributed by atoms with Crippen LogP contribution in [0.25, 0.3) is 0 Å². The highest BCUT2D eigenvalue weighted by atomic mass is 35.5. The van der Waals surface area contributed by atoms with E-state index in [4.69, 9.17) is 11.6 Å². The third-order valence-corrected chi connectivity index (χ3v) is 4.52. The molecule has 25 heavy (non-hydrogen) atoms. The Morgan fingerprint density at radius 2 is 1.76 bits per heavy atom. The summed E-state index contributed by atoms with van der Waals surface area (Å²) in [6.45, 7) is 9.10. The van der Waals surface area contributed by atoms with Crippen LogP contribution in [0.4, 0.5) is 11.4 Å². The molecule has 0 aliphatic carbocycles. The summed E-state index contributed by atoms with van der Waals surface area (Å²) in [4.78, 5) is 26.0. The summed E-state index contributed by atoms with van der Waals surface area (Å²) in [6.07, 6.45) is 0. The molecule has 0 heterocycles. The number of nitrogens with one attached hydrogen (secondary N) is 1. The van der Waals surface area contributed by atoms with Crippen molar-refractivity contribution >= 4 is 34.8 Å². The van der Waals surface area contributed by atoms with Crippen LogP contribution in [0.1, 0.15) is 29.2 Å². The first kappa shape index (κ1) is 19.0. The quantitative estimate of drug-likeness (QED) is 0.870. The Kier molecular flexibility index (Phi) is 5.85. The molecule has 0 spiro atoms. The van der Waals surface area contributed by atoms with Gasteiger partial charge in [0.1, 0.15) is 6.54 Å². The van der Waals surface area contributed by atoms with E-state index >= 15 is 0 Å². The predicted molar refractivity (Wildman–Crippen MR) is 103 cm³/mol. The van der Waals surface area contributed by atoms with E-state index in [-0.39, 0.29) is 18.4 Å². The average Bonchev–Trinajstić information content (AvgIpc) is 2.49. The van der Waals surface area contributed by atoms with E-state index in [0.717, 1.165) is 27.9 Å². The van der Waals surface area contributed by atoms with Crippen molar-refractivity contribution < 1.29 is 9.59 Å². The molecule has 0 atom stereocenters. The lowest BCUT2D eigenvalue weighted by Crippen LogP contribution is -2.37. The summed E-state index contributed by atoms with van der Waals surface area (Å²) in [6, 6.07) is 9.47. The van der Waals surface area contributed by atoms with Crippen LogP contribution in [-0.4, -0.2) is 18.4 Å². The minimum Gasteiger partial charge on any atom is -0.324 e. The largest absolute Gasteiger partial charge is 0.324 e.